The first-order valence-corrected chi connectivity index (χ1v) is 19.8. The van der Waals surface area contributed by atoms with E-state index in [4.69, 9.17) is 15.5 Å². The molecule has 49 heavy (non-hydrogen) atoms. The second-order valence-corrected chi connectivity index (χ2v) is 15.9. The van der Waals surface area contributed by atoms with Crippen LogP contribution in [0.3, 0.4) is 0 Å². The number of nitrogen functional groups attached to an aromatic ring is 1. The molecule has 0 bridgehead atoms. The fourth-order valence-corrected chi connectivity index (χ4v) is 7.33. The number of nitrogens with zero attached hydrogens (tertiary/aromatic N) is 2. The largest absolute Gasteiger partial charge is 0.491 e. The Morgan fingerprint density at radius 3 is 2.43 bits per heavy atom. The van der Waals surface area contributed by atoms with E-state index in [2.05, 4.69) is 116 Å². The number of aryl methyl sites for hydroxylation is 2. The van der Waals surface area contributed by atoms with Gasteiger partial charge >= 0.3 is 0 Å². The molecule has 2 aliphatic rings. The molecule has 4 rings (SSSR count). The smallest absolute Gasteiger partial charge is 0.129 e. The number of aromatic nitrogens is 1. The molecule has 1 aromatic heterocycles. The number of likely N-dealkylation sites (tertiary alicyclic amines) is 1. The van der Waals surface area contributed by atoms with Crippen molar-refractivity contribution in [1.29, 1.82) is 0 Å². The Balaban J connectivity index is 0.00000154. The number of nitrogens with one attached hydrogen (secondary N) is 1. The number of pyridine rings is 1. The van der Waals surface area contributed by atoms with Crippen LogP contribution < -0.4 is 11.1 Å². The van der Waals surface area contributed by atoms with Gasteiger partial charge < -0.3 is 15.8 Å². The highest BCUT2D eigenvalue weighted by Crippen LogP contribution is 2.42. The number of hydrogen-bond acceptors (Lipinski definition) is 5. The zero-order valence-electron chi connectivity index (χ0n) is 33.0. The van der Waals surface area contributed by atoms with Gasteiger partial charge in [-0.25, -0.2) is 4.98 Å². The Labute approximate surface area is 301 Å². The number of nitrogens with two attached hydrogens (primary N) is 1. The number of hydrogen-bond donors (Lipinski definition) is 2. The highest BCUT2D eigenvalue weighted by molar-refractivity contribution is 5.78. The topological polar surface area (TPSA) is 63.4 Å². The summed E-state index contributed by atoms with van der Waals surface area (Å²) in [6.07, 6.45) is 17.1. The third-order valence-corrected chi connectivity index (χ3v) is 10.1. The van der Waals surface area contributed by atoms with Crippen LogP contribution in [0.1, 0.15) is 155 Å². The van der Waals surface area contributed by atoms with E-state index in [1.165, 1.54) is 74.6 Å². The maximum absolute atomic E-state index is 6.98. The van der Waals surface area contributed by atoms with Gasteiger partial charge in [0.15, 0.2) is 0 Å². The summed E-state index contributed by atoms with van der Waals surface area (Å²) < 4.78 is 6.42. The van der Waals surface area contributed by atoms with Gasteiger partial charge in [0.05, 0.1) is 6.04 Å². The monoisotopic (exact) mass is 673 g/mol. The van der Waals surface area contributed by atoms with Gasteiger partial charge in [0, 0.05) is 42.1 Å². The number of fused-ring (bicyclic) bond motifs is 1. The van der Waals surface area contributed by atoms with E-state index >= 15 is 0 Å². The average molecular weight is 673 g/mol. The predicted octanol–water partition coefficient (Wildman–Crippen LogP) is 11.8. The predicted molar refractivity (Wildman–Crippen MR) is 214 cm³/mol. The van der Waals surface area contributed by atoms with Gasteiger partial charge in [0.25, 0.3) is 0 Å². The molecule has 1 saturated heterocycles. The molecule has 1 fully saturated rings. The molecule has 0 radical (unpaired) electrons. The molecule has 2 atom stereocenters. The first kappa shape index (κ1) is 40.6. The normalized spacial score (nSPS) is 16.6. The van der Waals surface area contributed by atoms with Gasteiger partial charge in [-0.3, -0.25) is 4.90 Å². The average Bonchev–Trinajstić information content (AvgIpc) is 3.05. The van der Waals surface area contributed by atoms with E-state index in [0.717, 1.165) is 73.2 Å². The molecule has 1 aromatic carbocycles. The molecule has 0 amide bonds. The van der Waals surface area contributed by atoms with Gasteiger partial charge in [-0.2, -0.15) is 0 Å². The lowest BCUT2D eigenvalue weighted by Gasteiger charge is -2.47. The molecule has 5 nitrogen and oxygen atoms in total. The molecule has 2 unspecified atom stereocenters. The molecule has 0 saturated carbocycles. The number of unbranched alkanes of at least 4 members (excludes halogenated alkanes) is 3. The van der Waals surface area contributed by atoms with E-state index in [9.17, 15) is 0 Å². The fourth-order valence-electron chi connectivity index (χ4n) is 7.33. The van der Waals surface area contributed by atoms with E-state index in [1.807, 2.05) is 0 Å². The minimum Gasteiger partial charge on any atom is -0.491 e. The van der Waals surface area contributed by atoms with Gasteiger partial charge in [0.2, 0.25) is 0 Å². The maximum Gasteiger partial charge on any atom is 0.129 e. The first-order chi connectivity index (χ1) is 23.4. The van der Waals surface area contributed by atoms with E-state index in [-0.39, 0.29) is 11.6 Å². The Bertz CT molecular complexity index is 1310. The van der Waals surface area contributed by atoms with Crippen molar-refractivity contribution in [3.8, 4) is 0 Å². The van der Waals surface area contributed by atoms with E-state index in [1.54, 1.807) is 0 Å². The number of rotatable bonds is 17. The van der Waals surface area contributed by atoms with Crippen LogP contribution in [0.4, 0.5) is 11.5 Å². The standard InChI is InChI=1S/C40H62N4O.C4H10/c1-9-16-34(28(3)4)35-20-14-21-36(37(35)41)38(29(5)45-40(6,7)8)44-26-31(27-44)25-30(10-2)17-12-11-13-19-33-23-22-32-18-15-24-42-39(32)43-33;1-3-4-2/h14,16,20-23,28,30-31,38H,5,9-13,15,17-19,24-27,41H2,1-4,6-8H3,(H,42,43);3-4H2,1-2H3/b34-16+;. The Morgan fingerprint density at radius 2 is 1.80 bits per heavy atom. The number of benzene rings is 1. The summed E-state index contributed by atoms with van der Waals surface area (Å²) in [5, 5.41) is 3.47. The summed E-state index contributed by atoms with van der Waals surface area (Å²) in [5.41, 5.74) is 13.8. The summed E-state index contributed by atoms with van der Waals surface area (Å²) in [5.74, 6) is 3.83. The highest BCUT2D eigenvalue weighted by Gasteiger charge is 2.38. The van der Waals surface area contributed by atoms with E-state index in [0.29, 0.717) is 11.8 Å². The van der Waals surface area contributed by atoms with Crippen LogP contribution in [0.25, 0.3) is 5.57 Å². The molecule has 0 aliphatic carbocycles. The van der Waals surface area contributed by atoms with Crippen molar-refractivity contribution in [1.82, 2.24) is 9.88 Å². The molecule has 274 valence electrons. The quantitative estimate of drug-likeness (QED) is 0.0995. The van der Waals surface area contributed by atoms with Crippen LogP contribution in [-0.4, -0.2) is 35.1 Å². The Morgan fingerprint density at radius 1 is 1.06 bits per heavy atom. The van der Waals surface area contributed by atoms with Gasteiger partial charge in [-0.05, 0) is 94.3 Å². The van der Waals surface area contributed by atoms with Crippen LogP contribution in [0.15, 0.2) is 48.7 Å². The second-order valence-electron chi connectivity index (χ2n) is 15.9. The van der Waals surface area contributed by atoms with Crippen molar-refractivity contribution in [2.45, 2.75) is 151 Å². The SMILES string of the molecule is C=C(OC(C)(C)C)C(c1cccc(/C(=C/CC)C(C)C)c1N)N1CC(CC(CC)CCCCCc2ccc3c(n2)NCCC3)C1.CCCC. The highest BCUT2D eigenvalue weighted by atomic mass is 16.5. The summed E-state index contributed by atoms with van der Waals surface area (Å²) in [6.45, 7) is 27.4. The van der Waals surface area contributed by atoms with Crippen LogP contribution in [0.5, 0.6) is 0 Å². The van der Waals surface area contributed by atoms with Crippen LogP contribution in [0, 0.1) is 17.8 Å². The van der Waals surface area contributed by atoms with Gasteiger partial charge in [-0.1, -0.05) is 117 Å². The van der Waals surface area contributed by atoms with Crippen LogP contribution in [-0.2, 0) is 17.6 Å². The summed E-state index contributed by atoms with van der Waals surface area (Å²) in [7, 11) is 0. The molecule has 0 spiro atoms. The minimum absolute atomic E-state index is 0.0389. The lowest BCUT2D eigenvalue weighted by Crippen LogP contribution is -2.50. The number of para-hydroxylation sites is 1. The summed E-state index contributed by atoms with van der Waals surface area (Å²) in [4.78, 5) is 7.43. The van der Waals surface area contributed by atoms with Crippen molar-refractivity contribution in [2.75, 3.05) is 30.7 Å². The van der Waals surface area contributed by atoms with Crippen molar-refractivity contribution in [3.05, 3.63) is 71.1 Å². The molecule has 3 heterocycles. The van der Waals surface area contributed by atoms with Crippen molar-refractivity contribution >= 4 is 17.1 Å². The zero-order valence-corrected chi connectivity index (χ0v) is 33.0. The van der Waals surface area contributed by atoms with Crippen molar-refractivity contribution in [2.24, 2.45) is 17.8 Å². The van der Waals surface area contributed by atoms with Gasteiger partial charge in [-0.15, -0.1) is 0 Å². The summed E-state index contributed by atoms with van der Waals surface area (Å²) in [6, 6.07) is 11.0. The molecular weight excluding hydrogens is 601 g/mol. The number of anilines is 2. The third-order valence-electron chi connectivity index (χ3n) is 10.1. The van der Waals surface area contributed by atoms with Crippen molar-refractivity contribution in [3.63, 3.8) is 0 Å². The van der Waals surface area contributed by atoms with Crippen LogP contribution >= 0.6 is 0 Å². The fraction of sp³-hybridized carbons (Fsp3) is 0.659. The Hall–Kier alpha value is -2.79. The van der Waals surface area contributed by atoms with Gasteiger partial charge in [0.1, 0.15) is 17.2 Å². The summed E-state index contributed by atoms with van der Waals surface area (Å²) >= 11 is 0. The molecule has 2 aliphatic heterocycles. The molecule has 2 aromatic rings. The minimum atomic E-state index is -0.308. The lowest BCUT2D eigenvalue weighted by molar-refractivity contribution is -0.0142. The first-order valence-electron chi connectivity index (χ1n) is 19.8. The van der Waals surface area contributed by atoms with Crippen molar-refractivity contribution < 1.29 is 4.74 Å². The molecule has 3 N–H and O–H groups in total. The maximum atomic E-state index is 6.98. The number of ether oxygens (including phenoxy) is 1. The van der Waals surface area contributed by atoms with E-state index < -0.39 is 0 Å². The second kappa shape index (κ2) is 20.2. The Kier molecular flexibility index (Phi) is 16.7. The number of allylic oxidation sites excluding steroid dienone is 2. The molecule has 5 heteroatoms. The lowest BCUT2D eigenvalue weighted by atomic mass is 9.82. The zero-order chi connectivity index (χ0) is 36.0. The molecular formula is C44H72N4O. The third kappa shape index (κ3) is 12.5. The van der Waals surface area contributed by atoms with Crippen LogP contribution in [0.2, 0.25) is 0 Å².